The first-order valence-electron chi connectivity index (χ1n) is 6.01. The maximum absolute atomic E-state index is 12.0. The van der Waals surface area contributed by atoms with Gasteiger partial charge in [0.15, 0.2) is 0 Å². The summed E-state index contributed by atoms with van der Waals surface area (Å²) in [5.41, 5.74) is 2.94. The number of carbonyl (C=O) groups is 1. The first kappa shape index (κ1) is 11.4. The first-order valence-corrected chi connectivity index (χ1v) is 6.89. The molecule has 1 atom stereocenters. The van der Waals surface area contributed by atoms with Gasteiger partial charge in [-0.25, -0.2) is 0 Å². The number of thiophene rings is 1. The van der Waals surface area contributed by atoms with E-state index in [2.05, 4.69) is 21.7 Å². The number of fused-ring (bicyclic) bond motifs is 1. The van der Waals surface area contributed by atoms with Gasteiger partial charge in [0.25, 0.3) is 5.91 Å². The van der Waals surface area contributed by atoms with E-state index in [0.29, 0.717) is 5.56 Å². The molecule has 2 heterocycles. The summed E-state index contributed by atoms with van der Waals surface area (Å²) in [6, 6.07) is 6.07. The lowest BCUT2D eigenvalue weighted by atomic mass is 10.2. The van der Waals surface area contributed by atoms with Crippen LogP contribution in [-0.4, -0.2) is 16.9 Å². The Kier molecular flexibility index (Phi) is 2.88. The Labute approximate surface area is 110 Å². The average Bonchev–Trinajstić information content (AvgIpc) is 2.90. The number of rotatable bonds is 2. The minimum atomic E-state index is -0.0253. The molecule has 0 saturated heterocycles. The molecule has 1 unspecified atom stereocenters. The molecule has 18 heavy (non-hydrogen) atoms. The van der Waals surface area contributed by atoms with Crippen molar-refractivity contribution >= 4 is 17.2 Å². The number of nitrogens with zero attached hydrogens (tertiary/aromatic N) is 1. The molecule has 2 aromatic heterocycles. The zero-order chi connectivity index (χ0) is 12.5. The van der Waals surface area contributed by atoms with Crippen LogP contribution in [0.4, 0.5) is 0 Å². The van der Waals surface area contributed by atoms with Gasteiger partial charge in [-0.2, -0.15) is 0 Å². The number of amides is 1. The van der Waals surface area contributed by atoms with Crippen molar-refractivity contribution in [2.75, 3.05) is 0 Å². The molecule has 0 fully saturated rings. The number of hydrogen-bond donors (Lipinski definition) is 1. The van der Waals surface area contributed by atoms with Gasteiger partial charge in [0.05, 0.1) is 5.56 Å². The van der Waals surface area contributed by atoms with Crippen molar-refractivity contribution in [1.29, 1.82) is 0 Å². The van der Waals surface area contributed by atoms with Crippen LogP contribution in [0.15, 0.2) is 29.8 Å². The number of pyridine rings is 1. The van der Waals surface area contributed by atoms with E-state index >= 15 is 0 Å². The molecule has 2 aromatic rings. The van der Waals surface area contributed by atoms with Crippen molar-refractivity contribution in [2.45, 2.75) is 25.8 Å². The molecule has 1 aliphatic rings. The molecule has 1 N–H and O–H groups in total. The molecule has 0 radical (unpaired) electrons. The van der Waals surface area contributed by atoms with E-state index in [1.165, 1.54) is 10.4 Å². The summed E-state index contributed by atoms with van der Waals surface area (Å²) in [5.74, 6) is -0.0253. The van der Waals surface area contributed by atoms with Gasteiger partial charge in [-0.05, 0) is 42.5 Å². The van der Waals surface area contributed by atoms with E-state index in [1.54, 1.807) is 17.5 Å². The average molecular weight is 258 g/mol. The van der Waals surface area contributed by atoms with Gasteiger partial charge in [0.2, 0.25) is 0 Å². The van der Waals surface area contributed by atoms with E-state index in [-0.39, 0.29) is 11.9 Å². The number of hydrogen-bond acceptors (Lipinski definition) is 3. The molecule has 4 heteroatoms. The van der Waals surface area contributed by atoms with Crippen molar-refractivity contribution in [3.63, 3.8) is 0 Å². The smallest absolute Gasteiger partial charge is 0.253 e. The second kappa shape index (κ2) is 4.53. The van der Waals surface area contributed by atoms with Gasteiger partial charge >= 0.3 is 0 Å². The zero-order valence-electron chi connectivity index (χ0n) is 10.1. The van der Waals surface area contributed by atoms with Crippen LogP contribution in [0.2, 0.25) is 0 Å². The summed E-state index contributed by atoms with van der Waals surface area (Å²) in [6.45, 7) is 1.91. The van der Waals surface area contributed by atoms with Crippen molar-refractivity contribution in [2.24, 2.45) is 0 Å². The molecule has 0 aliphatic heterocycles. The van der Waals surface area contributed by atoms with E-state index < -0.39 is 0 Å². The van der Waals surface area contributed by atoms with Crippen molar-refractivity contribution < 1.29 is 4.79 Å². The third-order valence-corrected chi connectivity index (χ3v) is 4.23. The van der Waals surface area contributed by atoms with Crippen LogP contribution in [-0.2, 0) is 12.8 Å². The Bertz CT molecular complexity index is 553. The predicted molar refractivity (Wildman–Crippen MR) is 72.0 cm³/mol. The maximum atomic E-state index is 12.0. The summed E-state index contributed by atoms with van der Waals surface area (Å²) in [7, 11) is 0. The first-order chi connectivity index (χ1) is 8.72. The van der Waals surface area contributed by atoms with Gasteiger partial charge in [0.1, 0.15) is 0 Å². The van der Waals surface area contributed by atoms with Gasteiger partial charge in [-0.1, -0.05) is 0 Å². The number of carbonyl (C=O) groups excluding carboxylic acids is 1. The van der Waals surface area contributed by atoms with Gasteiger partial charge in [-0.15, -0.1) is 11.3 Å². The predicted octanol–water partition coefficient (Wildman–Crippen LogP) is 2.35. The van der Waals surface area contributed by atoms with Crippen LogP contribution in [0.25, 0.3) is 0 Å². The van der Waals surface area contributed by atoms with Gasteiger partial charge < -0.3 is 5.32 Å². The monoisotopic (exact) mass is 258 g/mol. The lowest BCUT2D eigenvalue weighted by Crippen LogP contribution is -2.35. The molecule has 0 aromatic carbocycles. The van der Waals surface area contributed by atoms with Crippen LogP contribution < -0.4 is 5.32 Å². The second-order valence-electron chi connectivity index (χ2n) is 4.64. The Morgan fingerprint density at radius 3 is 3.00 bits per heavy atom. The van der Waals surface area contributed by atoms with Gasteiger partial charge in [-0.3, -0.25) is 9.78 Å². The largest absolute Gasteiger partial charge is 0.349 e. The quantitative estimate of drug-likeness (QED) is 0.898. The lowest BCUT2D eigenvalue weighted by Gasteiger charge is -2.12. The normalized spacial score (nSPS) is 17.5. The van der Waals surface area contributed by atoms with E-state index in [4.69, 9.17) is 0 Å². The van der Waals surface area contributed by atoms with E-state index in [0.717, 1.165) is 18.5 Å². The SMILES string of the molecule is Cc1ccc(C(=O)NC2Cc3ccsc3C2)cn1. The van der Waals surface area contributed by atoms with E-state index in [9.17, 15) is 4.79 Å². The Hall–Kier alpha value is -1.68. The van der Waals surface area contributed by atoms with Crippen LogP contribution in [0.3, 0.4) is 0 Å². The summed E-state index contributed by atoms with van der Waals surface area (Å²) >= 11 is 1.78. The second-order valence-corrected chi connectivity index (χ2v) is 5.64. The third-order valence-electron chi connectivity index (χ3n) is 3.24. The van der Waals surface area contributed by atoms with Crippen molar-refractivity contribution in [1.82, 2.24) is 10.3 Å². The summed E-state index contributed by atoms with van der Waals surface area (Å²) in [4.78, 5) is 17.6. The summed E-state index contributed by atoms with van der Waals surface area (Å²) in [5, 5.41) is 5.19. The highest BCUT2D eigenvalue weighted by Gasteiger charge is 2.24. The van der Waals surface area contributed by atoms with Crippen molar-refractivity contribution in [3.8, 4) is 0 Å². The Morgan fingerprint density at radius 1 is 1.39 bits per heavy atom. The molecule has 3 nitrogen and oxygen atoms in total. The topological polar surface area (TPSA) is 42.0 Å². The third kappa shape index (κ3) is 2.16. The fourth-order valence-electron chi connectivity index (χ4n) is 2.26. The molecule has 92 valence electrons. The summed E-state index contributed by atoms with van der Waals surface area (Å²) < 4.78 is 0. The zero-order valence-corrected chi connectivity index (χ0v) is 11.0. The fourth-order valence-corrected chi connectivity index (χ4v) is 3.26. The molecular formula is C14H14N2OS. The molecule has 0 spiro atoms. The highest BCUT2D eigenvalue weighted by molar-refractivity contribution is 7.10. The molecule has 0 bridgehead atoms. The number of aromatic nitrogens is 1. The number of aryl methyl sites for hydroxylation is 1. The highest BCUT2D eigenvalue weighted by atomic mass is 32.1. The van der Waals surface area contributed by atoms with Crippen LogP contribution in [0.5, 0.6) is 0 Å². The molecular weight excluding hydrogens is 244 g/mol. The van der Waals surface area contributed by atoms with Crippen LogP contribution in [0.1, 0.15) is 26.5 Å². The van der Waals surface area contributed by atoms with E-state index in [1.807, 2.05) is 19.1 Å². The lowest BCUT2D eigenvalue weighted by molar-refractivity contribution is 0.0938. The van der Waals surface area contributed by atoms with Gasteiger partial charge in [0, 0.05) is 29.2 Å². The Morgan fingerprint density at radius 2 is 2.28 bits per heavy atom. The number of nitrogens with one attached hydrogen (secondary N) is 1. The van der Waals surface area contributed by atoms with Crippen LogP contribution >= 0.6 is 11.3 Å². The molecule has 3 rings (SSSR count). The fraction of sp³-hybridized carbons (Fsp3) is 0.286. The minimum Gasteiger partial charge on any atom is -0.349 e. The summed E-state index contributed by atoms with van der Waals surface area (Å²) in [6.07, 6.45) is 3.54. The Balaban J connectivity index is 1.66. The molecule has 1 amide bonds. The van der Waals surface area contributed by atoms with Crippen molar-refractivity contribution in [3.05, 3.63) is 51.5 Å². The maximum Gasteiger partial charge on any atom is 0.253 e. The van der Waals surface area contributed by atoms with Crippen LogP contribution in [0, 0.1) is 6.92 Å². The molecule has 0 saturated carbocycles. The minimum absolute atomic E-state index is 0.0253. The standard InChI is InChI=1S/C14H14N2OS/c1-9-2-3-11(8-15-9)14(17)16-12-6-10-4-5-18-13(10)7-12/h2-5,8,12H,6-7H2,1H3,(H,16,17). The molecule has 1 aliphatic carbocycles. The highest BCUT2D eigenvalue weighted by Crippen LogP contribution is 2.27.